The number of primary sulfonamides is 1. The number of hydrogen-bond acceptors (Lipinski definition) is 6. The van der Waals surface area contributed by atoms with Crippen molar-refractivity contribution in [2.24, 2.45) is 5.14 Å². The van der Waals surface area contributed by atoms with Crippen molar-refractivity contribution in [2.75, 3.05) is 13.2 Å². The zero-order chi connectivity index (χ0) is 16.9. The van der Waals surface area contributed by atoms with Gasteiger partial charge in [-0.05, 0) is 46.3 Å². The minimum atomic E-state index is -3.72. The molecule has 0 bridgehead atoms. The Bertz CT molecular complexity index is 793. The van der Waals surface area contributed by atoms with Gasteiger partial charge in [0.25, 0.3) is 0 Å². The van der Waals surface area contributed by atoms with Crippen LogP contribution < -0.4 is 9.88 Å². The fraction of sp³-hybridized carbons (Fsp3) is 0.143. The molecule has 0 amide bonds. The van der Waals surface area contributed by atoms with Crippen molar-refractivity contribution >= 4 is 31.9 Å². The van der Waals surface area contributed by atoms with Crippen molar-refractivity contribution < 1.29 is 22.7 Å². The van der Waals surface area contributed by atoms with Crippen molar-refractivity contribution in [1.29, 1.82) is 0 Å². The molecule has 1 heterocycles. The number of nitrogens with two attached hydrogens (primary N) is 1. The van der Waals surface area contributed by atoms with Crippen molar-refractivity contribution in [1.82, 2.24) is 4.98 Å². The summed E-state index contributed by atoms with van der Waals surface area (Å²) in [6.45, 7) is 0.171. The number of nitrogens with zero attached hydrogens (tertiary/aromatic N) is 1. The Labute approximate surface area is 141 Å². The Morgan fingerprint density at radius 2 is 1.87 bits per heavy atom. The summed E-state index contributed by atoms with van der Waals surface area (Å²) in [7, 11) is -3.72. The number of carbonyl (C=O) groups excluding carboxylic acids is 1. The monoisotopic (exact) mass is 400 g/mol. The molecule has 1 aromatic carbocycles. The standard InChI is InChI=1S/C14H13BrN2O5S/c15-11-7-10(8-17-9-11)14(18)22-6-5-21-12-1-3-13(4-2-12)23(16,19)20/h1-4,7-9H,5-6H2,(H2,16,19,20). The van der Waals surface area contributed by atoms with E-state index in [-0.39, 0.29) is 18.1 Å². The summed E-state index contributed by atoms with van der Waals surface area (Å²) in [5, 5.41) is 4.99. The number of benzene rings is 1. The van der Waals surface area contributed by atoms with Crippen molar-refractivity contribution in [3.05, 3.63) is 52.8 Å². The first-order valence-electron chi connectivity index (χ1n) is 6.39. The number of halogens is 1. The van der Waals surface area contributed by atoms with E-state index in [0.29, 0.717) is 15.8 Å². The van der Waals surface area contributed by atoms with E-state index in [2.05, 4.69) is 20.9 Å². The molecular formula is C14H13BrN2O5S. The molecule has 0 aliphatic heterocycles. The third-order valence-electron chi connectivity index (χ3n) is 2.68. The second kappa shape index (κ2) is 7.53. The van der Waals surface area contributed by atoms with Gasteiger partial charge < -0.3 is 9.47 Å². The molecule has 0 aliphatic carbocycles. The average Bonchev–Trinajstić information content (AvgIpc) is 2.51. The summed E-state index contributed by atoms with van der Waals surface area (Å²) < 4.78 is 33.3. The molecular weight excluding hydrogens is 388 g/mol. The summed E-state index contributed by atoms with van der Waals surface area (Å²) in [6.07, 6.45) is 2.96. The Balaban J connectivity index is 1.80. The maximum atomic E-state index is 11.7. The summed E-state index contributed by atoms with van der Waals surface area (Å²) in [5.41, 5.74) is 0.330. The first-order valence-corrected chi connectivity index (χ1v) is 8.73. The molecule has 0 saturated carbocycles. The number of carbonyl (C=O) groups is 1. The van der Waals surface area contributed by atoms with Crippen LogP contribution in [-0.2, 0) is 14.8 Å². The van der Waals surface area contributed by atoms with Crippen molar-refractivity contribution in [3.63, 3.8) is 0 Å². The van der Waals surface area contributed by atoms with E-state index in [4.69, 9.17) is 14.6 Å². The molecule has 0 atom stereocenters. The second-order valence-corrected chi connectivity index (χ2v) is 6.87. The van der Waals surface area contributed by atoms with Gasteiger partial charge in [-0.1, -0.05) is 0 Å². The van der Waals surface area contributed by atoms with Gasteiger partial charge in [-0.25, -0.2) is 18.4 Å². The summed E-state index contributed by atoms with van der Waals surface area (Å²) in [5.74, 6) is -0.0652. The van der Waals surface area contributed by atoms with Crippen LogP contribution >= 0.6 is 15.9 Å². The Hall–Kier alpha value is -1.97. The van der Waals surface area contributed by atoms with Gasteiger partial charge in [0.2, 0.25) is 10.0 Å². The Morgan fingerprint density at radius 1 is 1.17 bits per heavy atom. The predicted octanol–water partition coefficient (Wildman–Crippen LogP) is 1.73. The highest BCUT2D eigenvalue weighted by Gasteiger charge is 2.09. The van der Waals surface area contributed by atoms with E-state index in [1.165, 1.54) is 30.5 Å². The molecule has 0 fully saturated rings. The molecule has 2 N–H and O–H groups in total. The number of sulfonamides is 1. The highest BCUT2D eigenvalue weighted by Crippen LogP contribution is 2.15. The topological polar surface area (TPSA) is 109 Å². The highest BCUT2D eigenvalue weighted by atomic mass is 79.9. The summed E-state index contributed by atoms with van der Waals surface area (Å²) >= 11 is 3.22. The molecule has 0 spiro atoms. The number of rotatable bonds is 6. The smallest absolute Gasteiger partial charge is 0.339 e. The van der Waals surface area contributed by atoms with Crippen LogP contribution in [-0.4, -0.2) is 32.6 Å². The van der Waals surface area contributed by atoms with Crippen LogP contribution in [0.15, 0.2) is 52.1 Å². The van der Waals surface area contributed by atoms with Crippen LogP contribution in [0, 0.1) is 0 Å². The molecule has 23 heavy (non-hydrogen) atoms. The molecule has 9 heteroatoms. The van der Waals surface area contributed by atoms with Gasteiger partial charge in [0.05, 0.1) is 10.5 Å². The maximum Gasteiger partial charge on any atom is 0.339 e. The lowest BCUT2D eigenvalue weighted by atomic mass is 10.3. The fourth-order valence-corrected chi connectivity index (χ4v) is 2.51. The van der Waals surface area contributed by atoms with Gasteiger partial charge in [0.15, 0.2) is 0 Å². The molecule has 7 nitrogen and oxygen atoms in total. The zero-order valence-electron chi connectivity index (χ0n) is 11.8. The SMILES string of the molecule is NS(=O)(=O)c1ccc(OCCOC(=O)c2cncc(Br)c2)cc1. The predicted molar refractivity (Wildman–Crippen MR) is 85.5 cm³/mol. The fourth-order valence-electron chi connectivity index (χ4n) is 1.63. The van der Waals surface area contributed by atoms with Crippen molar-refractivity contribution in [2.45, 2.75) is 4.90 Å². The van der Waals surface area contributed by atoms with Gasteiger partial charge in [0.1, 0.15) is 19.0 Å². The van der Waals surface area contributed by atoms with Crippen LogP contribution in [0.25, 0.3) is 0 Å². The molecule has 122 valence electrons. The van der Waals surface area contributed by atoms with E-state index in [9.17, 15) is 13.2 Å². The molecule has 1 aromatic heterocycles. The maximum absolute atomic E-state index is 11.7. The van der Waals surface area contributed by atoms with Gasteiger partial charge >= 0.3 is 5.97 Å². The van der Waals surface area contributed by atoms with Gasteiger partial charge in [-0.3, -0.25) is 4.98 Å². The number of hydrogen-bond donors (Lipinski definition) is 1. The minimum Gasteiger partial charge on any atom is -0.490 e. The number of pyridine rings is 1. The molecule has 0 unspecified atom stereocenters. The quantitative estimate of drug-likeness (QED) is 0.583. The van der Waals surface area contributed by atoms with E-state index in [1.54, 1.807) is 12.3 Å². The Morgan fingerprint density at radius 3 is 2.48 bits per heavy atom. The third-order valence-corrected chi connectivity index (χ3v) is 4.04. The highest BCUT2D eigenvalue weighted by molar-refractivity contribution is 9.10. The van der Waals surface area contributed by atoms with Crippen LogP contribution in [0.5, 0.6) is 5.75 Å². The van der Waals surface area contributed by atoms with Crippen molar-refractivity contribution in [3.8, 4) is 5.75 Å². The van der Waals surface area contributed by atoms with Gasteiger partial charge in [-0.15, -0.1) is 0 Å². The molecule has 0 aliphatic rings. The summed E-state index contributed by atoms with van der Waals surface area (Å²) in [6, 6.07) is 7.22. The van der Waals surface area contributed by atoms with E-state index >= 15 is 0 Å². The van der Waals surface area contributed by atoms with E-state index < -0.39 is 16.0 Å². The van der Waals surface area contributed by atoms with E-state index in [0.717, 1.165) is 0 Å². The van der Waals surface area contributed by atoms with Crippen LogP contribution in [0.4, 0.5) is 0 Å². The lowest BCUT2D eigenvalue weighted by Gasteiger charge is -2.08. The second-order valence-electron chi connectivity index (χ2n) is 4.39. The first kappa shape index (κ1) is 17.4. The molecule has 2 rings (SSSR count). The Kier molecular flexibility index (Phi) is 5.69. The largest absolute Gasteiger partial charge is 0.490 e. The summed E-state index contributed by atoms with van der Waals surface area (Å²) in [4.78, 5) is 15.6. The van der Waals surface area contributed by atoms with Crippen LogP contribution in [0.3, 0.4) is 0 Å². The van der Waals surface area contributed by atoms with E-state index in [1.807, 2.05) is 0 Å². The van der Waals surface area contributed by atoms with Gasteiger partial charge in [0, 0.05) is 16.9 Å². The minimum absolute atomic E-state index is 0.00145. The normalized spacial score (nSPS) is 11.0. The number of ether oxygens (including phenoxy) is 2. The molecule has 2 aromatic rings. The van der Waals surface area contributed by atoms with Crippen LogP contribution in [0.2, 0.25) is 0 Å². The lowest BCUT2D eigenvalue weighted by Crippen LogP contribution is -2.13. The number of esters is 1. The van der Waals surface area contributed by atoms with Crippen LogP contribution in [0.1, 0.15) is 10.4 Å². The zero-order valence-corrected chi connectivity index (χ0v) is 14.2. The first-order chi connectivity index (χ1) is 10.9. The van der Waals surface area contributed by atoms with Gasteiger partial charge in [-0.2, -0.15) is 0 Å². The number of aromatic nitrogens is 1. The lowest BCUT2D eigenvalue weighted by molar-refractivity contribution is 0.0450. The average molecular weight is 401 g/mol. The molecule has 0 radical (unpaired) electrons. The third kappa shape index (κ3) is 5.31. The molecule has 0 saturated heterocycles.